The van der Waals surface area contributed by atoms with Gasteiger partial charge in [-0.05, 0) is 13.0 Å². The van der Waals surface area contributed by atoms with E-state index in [4.69, 9.17) is 0 Å². The summed E-state index contributed by atoms with van der Waals surface area (Å²) in [7, 11) is 3.15. The predicted octanol–water partition coefficient (Wildman–Crippen LogP) is -0.373. The molecule has 2 aromatic heterocycles. The molecule has 0 aliphatic carbocycles. The summed E-state index contributed by atoms with van der Waals surface area (Å²) in [4.78, 5) is 33.5. The minimum atomic E-state index is -0.347. The van der Waals surface area contributed by atoms with Crippen molar-refractivity contribution in [2.75, 3.05) is 39.3 Å². The van der Waals surface area contributed by atoms with Gasteiger partial charge in [-0.3, -0.25) is 18.8 Å². The second-order valence-corrected chi connectivity index (χ2v) is 6.60. The van der Waals surface area contributed by atoms with E-state index in [2.05, 4.69) is 21.4 Å². The quantitative estimate of drug-likeness (QED) is 0.668. The molecule has 2 aromatic rings. The van der Waals surface area contributed by atoms with Crippen LogP contribution in [0.5, 0.6) is 0 Å². The number of fused-ring (bicyclic) bond motifs is 1. The fourth-order valence-electron chi connectivity index (χ4n) is 3.41. The summed E-state index contributed by atoms with van der Waals surface area (Å²) in [5, 5.41) is 0. The van der Waals surface area contributed by atoms with Crippen molar-refractivity contribution in [2.45, 2.75) is 13.0 Å². The molecule has 0 radical (unpaired) electrons. The highest BCUT2D eigenvalue weighted by atomic mass is 16.2. The molecule has 3 heterocycles. The Labute approximate surface area is 146 Å². The molecule has 0 spiro atoms. The number of hydrogen-bond donors (Lipinski definition) is 0. The number of nitrogens with zero attached hydrogens (tertiary/aromatic N) is 6. The van der Waals surface area contributed by atoms with Crippen molar-refractivity contribution in [3.63, 3.8) is 0 Å². The second kappa shape index (κ2) is 7.37. The average Bonchev–Trinajstić information content (AvgIpc) is 3.04. The van der Waals surface area contributed by atoms with Crippen molar-refractivity contribution >= 4 is 11.2 Å². The molecule has 1 aliphatic rings. The average molecular weight is 346 g/mol. The number of imidazole rings is 1. The molecular weight excluding hydrogens is 320 g/mol. The Balaban J connectivity index is 1.64. The molecule has 8 nitrogen and oxygen atoms in total. The van der Waals surface area contributed by atoms with Crippen LogP contribution in [-0.4, -0.2) is 67.8 Å². The largest absolute Gasteiger partial charge is 0.332 e. The summed E-state index contributed by atoms with van der Waals surface area (Å²) in [5.41, 5.74) is 0.320. The van der Waals surface area contributed by atoms with Crippen molar-refractivity contribution in [1.29, 1.82) is 0 Å². The third-order valence-corrected chi connectivity index (χ3v) is 4.94. The van der Waals surface area contributed by atoms with Crippen LogP contribution >= 0.6 is 0 Å². The number of hydrogen-bond acceptors (Lipinski definition) is 5. The van der Waals surface area contributed by atoms with Crippen LogP contribution in [0.2, 0.25) is 0 Å². The normalized spacial score (nSPS) is 16.6. The molecule has 136 valence electrons. The van der Waals surface area contributed by atoms with E-state index in [1.807, 2.05) is 10.6 Å². The van der Waals surface area contributed by atoms with Crippen molar-refractivity contribution in [3.05, 3.63) is 39.8 Å². The molecule has 25 heavy (non-hydrogen) atoms. The van der Waals surface area contributed by atoms with Crippen LogP contribution in [-0.2, 0) is 20.6 Å². The lowest BCUT2D eigenvalue weighted by Gasteiger charge is -2.34. The van der Waals surface area contributed by atoms with Gasteiger partial charge in [0, 0.05) is 53.4 Å². The molecule has 0 unspecified atom stereocenters. The van der Waals surface area contributed by atoms with Crippen molar-refractivity contribution in [1.82, 2.24) is 28.5 Å². The topological polar surface area (TPSA) is 68.3 Å². The van der Waals surface area contributed by atoms with Gasteiger partial charge in [0.1, 0.15) is 0 Å². The van der Waals surface area contributed by atoms with Gasteiger partial charge >= 0.3 is 5.69 Å². The molecular formula is C17H26N6O2. The molecule has 0 saturated carbocycles. The Bertz CT molecular complexity index is 870. The summed E-state index contributed by atoms with van der Waals surface area (Å²) in [6.45, 7) is 10.7. The van der Waals surface area contributed by atoms with E-state index >= 15 is 0 Å². The molecule has 0 amide bonds. The summed E-state index contributed by atoms with van der Waals surface area (Å²) >= 11 is 0. The first-order chi connectivity index (χ1) is 12.0. The lowest BCUT2D eigenvalue weighted by molar-refractivity contribution is 0.140. The number of rotatable bonds is 6. The lowest BCUT2D eigenvalue weighted by Crippen LogP contribution is -2.46. The van der Waals surface area contributed by atoms with Crippen LogP contribution in [0.1, 0.15) is 6.42 Å². The first-order valence-electron chi connectivity index (χ1n) is 8.69. The van der Waals surface area contributed by atoms with Crippen LogP contribution in [0.15, 0.2) is 28.6 Å². The fraction of sp³-hybridized carbons (Fsp3) is 0.588. The van der Waals surface area contributed by atoms with Gasteiger partial charge in [-0.15, -0.1) is 6.58 Å². The second-order valence-electron chi connectivity index (χ2n) is 6.60. The maximum absolute atomic E-state index is 12.4. The molecule has 0 atom stereocenters. The van der Waals surface area contributed by atoms with Gasteiger partial charge < -0.3 is 9.47 Å². The Morgan fingerprint density at radius 1 is 1.08 bits per heavy atom. The first kappa shape index (κ1) is 17.6. The zero-order valence-electron chi connectivity index (χ0n) is 15.0. The SMILES string of the molecule is C=CCN1CCN(CCCn2cnc3c2c(=O)n(C)c(=O)n3C)CC1. The van der Waals surface area contributed by atoms with Crippen molar-refractivity contribution in [3.8, 4) is 0 Å². The Morgan fingerprint density at radius 2 is 1.76 bits per heavy atom. The fourth-order valence-corrected chi connectivity index (χ4v) is 3.41. The molecule has 0 aromatic carbocycles. The van der Waals surface area contributed by atoms with Gasteiger partial charge in [0.05, 0.1) is 6.33 Å². The predicted molar refractivity (Wildman–Crippen MR) is 97.9 cm³/mol. The first-order valence-corrected chi connectivity index (χ1v) is 8.69. The van der Waals surface area contributed by atoms with Crippen LogP contribution < -0.4 is 11.2 Å². The van der Waals surface area contributed by atoms with E-state index in [1.54, 1.807) is 13.4 Å². The Hall–Kier alpha value is -2.19. The minimum Gasteiger partial charge on any atom is -0.325 e. The third-order valence-electron chi connectivity index (χ3n) is 4.94. The van der Waals surface area contributed by atoms with Gasteiger partial charge in [-0.2, -0.15) is 0 Å². The summed E-state index contributed by atoms with van der Waals surface area (Å²) < 4.78 is 4.43. The van der Waals surface area contributed by atoms with Crippen molar-refractivity contribution in [2.24, 2.45) is 14.1 Å². The summed E-state index contributed by atoms with van der Waals surface area (Å²) in [6, 6.07) is 0. The molecule has 1 fully saturated rings. The molecule has 1 aliphatic heterocycles. The summed E-state index contributed by atoms with van der Waals surface area (Å²) in [6.07, 6.45) is 4.56. The van der Waals surface area contributed by atoms with Crippen molar-refractivity contribution < 1.29 is 0 Å². The zero-order chi connectivity index (χ0) is 18.0. The van der Waals surface area contributed by atoms with Gasteiger partial charge in [0.15, 0.2) is 11.2 Å². The molecule has 3 rings (SSSR count). The number of aromatic nitrogens is 4. The van der Waals surface area contributed by atoms with Gasteiger partial charge in [0.25, 0.3) is 5.56 Å². The molecule has 0 N–H and O–H groups in total. The number of piperazine rings is 1. The van der Waals surface area contributed by atoms with Crippen LogP contribution in [0.3, 0.4) is 0 Å². The standard InChI is InChI=1S/C17H26N6O2/c1-4-6-21-9-11-22(12-10-21)7-5-8-23-13-18-15-14(23)16(24)20(3)17(25)19(15)2/h4,13H,1,5-12H2,2-3H3. The van der Waals surface area contributed by atoms with Crippen LogP contribution in [0.25, 0.3) is 11.2 Å². The highest BCUT2D eigenvalue weighted by molar-refractivity contribution is 5.69. The molecule has 1 saturated heterocycles. The Kier molecular flexibility index (Phi) is 5.19. The van der Waals surface area contributed by atoms with E-state index in [0.717, 1.165) is 56.8 Å². The van der Waals surface area contributed by atoms with Gasteiger partial charge in [0.2, 0.25) is 0 Å². The van der Waals surface area contributed by atoms with Crippen LogP contribution in [0.4, 0.5) is 0 Å². The number of aryl methyl sites for hydroxylation is 2. The zero-order valence-corrected chi connectivity index (χ0v) is 15.0. The summed E-state index contributed by atoms with van der Waals surface area (Å²) in [5.74, 6) is 0. The van der Waals surface area contributed by atoms with Gasteiger partial charge in [-0.1, -0.05) is 6.08 Å². The molecule has 8 heteroatoms. The van der Waals surface area contributed by atoms with E-state index in [-0.39, 0.29) is 11.2 Å². The monoisotopic (exact) mass is 346 g/mol. The smallest absolute Gasteiger partial charge is 0.325 e. The van der Waals surface area contributed by atoms with Crippen LogP contribution in [0, 0.1) is 0 Å². The maximum Gasteiger partial charge on any atom is 0.332 e. The van der Waals surface area contributed by atoms with E-state index in [0.29, 0.717) is 11.2 Å². The Morgan fingerprint density at radius 3 is 2.44 bits per heavy atom. The third kappa shape index (κ3) is 3.45. The molecule has 0 bridgehead atoms. The van der Waals surface area contributed by atoms with E-state index in [1.165, 1.54) is 11.6 Å². The van der Waals surface area contributed by atoms with E-state index < -0.39 is 0 Å². The lowest BCUT2D eigenvalue weighted by atomic mass is 10.3. The van der Waals surface area contributed by atoms with E-state index in [9.17, 15) is 9.59 Å². The highest BCUT2D eigenvalue weighted by Crippen LogP contribution is 2.08. The highest BCUT2D eigenvalue weighted by Gasteiger charge is 2.16. The van der Waals surface area contributed by atoms with Gasteiger partial charge in [-0.25, -0.2) is 9.78 Å². The minimum absolute atomic E-state index is 0.284. The maximum atomic E-state index is 12.4.